The van der Waals surface area contributed by atoms with Crippen LogP contribution in [-0.2, 0) is 22.4 Å². The number of nitrogens with zero attached hydrogens (tertiary/aromatic N) is 2. The average Bonchev–Trinajstić information content (AvgIpc) is 3.21. The molecule has 0 spiro atoms. The Labute approximate surface area is 135 Å². The van der Waals surface area contributed by atoms with Crippen molar-refractivity contribution in [2.24, 2.45) is 5.92 Å². The van der Waals surface area contributed by atoms with Crippen LogP contribution < -0.4 is 5.32 Å². The fourth-order valence-corrected chi connectivity index (χ4v) is 2.93. The summed E-state index contributed by atoms with van der Waals surface area (Å²) in [6.45, 7) is 1.30. The summed E-state index contributed by atoms with van der Waals surface area (Å²) in [5.41, 5.74) is 2.37. The molecule has 23 heavy (non-hydrogen) atoms. The van der Waals surface area contributed by atoms with E-state index in [2.05, 4.69) is 20.5 Å². The SMILES string of the molecule is O=C(CCCc1cn[nH]c1)N[C@@H]1COC[C@H]1Cc1ccncc1. The predicted molar refractivity (Wildman–Crippen MR) is 85.7 cm³/mol. The van der Waals surface area contributed by atoms with E-state index in [-0.39, 0.29) is 11.9 Å². The maximum Gasteiger partial charge on any atom is 0.220 e. The number of hydrogen-bond acceptors (Lipinski definition) is 4. The highest BCUT2D eigenvalue weighted by molar-refractivity contribution is 5.76. The minimum Gasteiger partial charge on any atom is -0.379 e. The van der Waals surface area contributed by atoms with E-state index >= 15 is 0 Å². The van der Waals surface area contributed by atoms with Gasteiger partial charge in [-0.25, -0.2) is 0 Å². The van der Waals surface area contributed by atoms with Gasteiger partial charge in [0.25, 0.3) is 0 Å². The second-order valence-electron chi connectivity index (χ2n) is 5.99. The van der Waals surface area contributed by atoms with Gasteiger partial charge in [0.05, 0.1) is 25.5 Å². The van der Waals surface area contributed by atoms with Gasteiger partial charge < -0.3 is 10.1 Å². The van der Waals surface area contributed by atoms with Crippen LogP contribution in [-0.4, -0.2) is 40.3 Å². The number of aromatic nitrogens is 3. The van der Waals surface area contributed by atoms with Crippen molar-refractivity contribution < 1.29 is 9.53 Å². The topological polar surface area (TPSA) is 79.9 Å². The smallest absolute Gasteiger partial charge is 0.220 e. The van der Waals surface area contributed by atoms with Crippen LogP contribution in [0.25, 0.3) is 0 Å². The van der Waals surface area contributed by atoms with Crippen LogP contribution in [0.1, 0.15) is 24.0 Å². The molecule has 6 nitrogen and oxygen atoms in total. The third-order valence-corrected chi connectivity index (χ3v) is 4.22. The third-order valence-electron chi connectivity index (χ3n) is 4.22. The minimum atomic E-state index is 0.101. The van der Waals surface area contributed by atoms with Gasteiger partial charge in [-0.3, -0.25) is 14.9 Å². The number of carbonyl (C=O) groups is 1. The summed E-state index contributed by atoms with van der Waals surface area (Å²) in [7, 11) is 0. The van der Waals surface area contributed by atoms with Gasteiger partial charge in [0.2, 0.25) is 5.91 Å². The highest BCUT2D eigenvalue weighted by Gasteiger charge is 2.29. The lowest BCUT2D eigenvalue weighted by Crippen LogP contribution is -2.40. The molecule has 1 aliphatic heterocycles. The Morgan fingerprint density at radius 2 is 2.17 bits per heavy atom. The molecule has 1 aliphatic rings. The lowest BCUT2D eigenvalue weighted by molar-refractivity contribution is -0.122. The number of nitrogens with one attached hydrogen (secondary N) is 2. The van der Waals surface area contributed by atoms with Gasteiger partial charge in [-0.2, -0.15) is 5.10 Å². The van der Waals surface area contributed by atoms with E-state index in [4.69, 9.17) is 4.74 Å². The molecule has 0 saturated carbocycles. The van der Waals surface area contributed by atoms with Crippen molar-refractivity contribution in [3.8, 4) is 0 Å². The van der Waals surface area contributed by atoms with Crippen molar-refractivity contribution in [1.29, 1.82) is 0 Å². The predicted octanol–water partition coefficient (Wildman–Crippen LogP) is 1.50. The molecule has 0 unspecified atom stereocenters. The van der Waals surface area contributed by atoms with E-state index in [0.717, 1.165) is 24.8 Å². The molecular formula is C17H22N4O2. The van der Waals surface area contributed by atoms with Gasteiger partial charge in [-0.05, 0) is 42.5 Å². The van der Waals surface area contributed by atoms with Crippen LogP contribution in [0.15, 0.2) is 36.9 Å². The molecule has 3 rings (SSSR count). The van der Waals surface area contributed by atoms with Crippen LogP contribution in [0.2, 0.25) is 0 Å². The van der Waals surface area contributed by atoms with Gasteiger partial charge in [0.15, 0.2) is 0 Å². The molecule has 2 N–H and O–H groups in total. The number of hydrogen-bond donors (Lipinski definition) is 2. The largest absolute Gasteiger partial charge is 0.379 e. The molecule has 1 amide bonds. The van der Waals surface area contributed by atoms with E-state index in [1.807, 2.05) is 18.3 Å². The quantitative estimate of drug-likeness (QED) is 0.811. The molecule has 0 radical (unpaired) electrons. The maximum atomic E-state index is 12.1. The van der Waals surface area contributed by atoms with Gasteiger partial charge in [0.1, 0.15) is 0 Å². The fourth-order valence-electron chi connectivity index (χ4n) is 2.93. The number of H-pyrrole nitrogens is 1. The normalized spacial score (nSPS) is 20.5. The van der Waals surface area contributed by atoms with Gasteiger partial charge in [0, 0.05) is 30.9 Å². The molecule has 1 saturated heterocycles. The molecule has 122 valence electrons. The Bertz CT molecular complexity index is 600. The Balaban J connectivity index is 1.43. The molecule has 2 aromatic rings. The number of aryl methyl sites for hydroxylation is 1. The molecule has 0 aliphatic carbocycles. The summed E-state index contributed by atoms with van der Waals surface area (Å²) in [4.78, 5) is 16.2. The molecule has 2 aromatic heterocycles. The Hall–Kier alpha value is -2.21. The molecular weight excluding hydrogens is 292 g/mol. The standard InChI is InChI=1S/C17H22N4O2/c22-17(3-1-2-14-9-19-20-10-14)21-16-12-23-11-15(16)8-13-4-6-18-7-5-13/h4-7,9-10,15-16H,1-3,8,11-12H2,(H,19,20)(H,21,22)/t15-,16-/m1/s1. The molecule has 0 aromatic carbocycles. The Morgan fingerprint density at radius 1 is 1.30 bits per heavy atom. The van der Waals surface area contributed by atoms with Gasteiger partial charge >= 0.3 is 0 Å². The number of carbonyl (C=O) groups excluding carboxylic acids is 1. The van der Waals surface area contributed by atoms with Crippen molar-refractivity contribution in [1.82, 2.24) is 20.5 Å². The fraction of sp³-hybridized carbons (Fsp3) is 0.471. The van der Waals surface area contributed by atoms with E-state index in [1.165, 1.54) is 5.56 Å². The highest BCUT2D eigenvalue weighted by Crippen LogP contribution is 2.19. The van der Waals surface area contributed by atoms with E-state index in [9.17, 15) is 4.79 Å². The molecule has 6 heteroatoms. The highest BCUT2D eigenvalue weighted by atomic mass is 16.5. The monoisotopic (exact) mass is 314 g/mol. The molecule has 0 bridgehead atoms. The maximum absolute atomic E-state index is 12.1. The number of ether oxygens (including phenoxy) is 1. The van der Waals surface area contributed by atoms with Crippen LogP contribution in [0, 0.1) is 5.92 Å². The first kappa shape index (κ1) is 15.7. The van der Waals surface area contributed by atoms with E-state index in [0.29, 0.717) is 25.6 Å². The third kappa shape index (κ3) is 4.63. The zero-order valence-electron chi connectivity index (χ0n) is 13.1. The number of pyridine rings is 1. The zero-order chi connectivity index (χ0) is 15.9. The number of aromatic amines is 1. The van der Waals surface area contributed by atoms with Crippen molar-refractivity contribution in [3.05, 3.63) is 48.0 Å². The van der Waals surface area contributed by atoms with Crippen molar-refractivity contribution in [2.45, 2.75) is 31.7 Å². The lowest BCUT2D eigenvalue weighted by Gasteiger charge is -2.19. The zero-order valence-corrected chi connectivity index (χ0v) is 13.1. The average molecular weight is 314 g/mol. The molecule has 2 atom stereocenters. The van der Waals surface area contributed by atoms with Crippen LogP contribution in [0.5, 0.6) is 0 Å². The van der Waals surface area contributed by atoms with Crippen molar-refractivity contribution in [3.63, 3.8) is 0 Å². The summed E-state index contributed by atoms with van der Waals surface area (Å²) >= 11 is 0. The summed E-state index contributed by atoms with van der Waals surface area (Å²) in [6, 6.07) is 4.13. The summed E-state index contributed by atoms with van der Waals surface area (Å²) in [5.74, 6) is 0.430. The second-order valence-corrected chi connectivity index (χ2v) is 5.99. The number of rotatable bonds is 7. The van der Waals surface area contributed by atoms with E-state index < -0.39 is 0 Å². The van der Waals surface area contributed by atoms with E-state index in [1.54, 1.807) is 18.6 Å². The first-order valence-corrected chi connectivity index (χ1v) is 8.05. The van der Waals surface area contributed by atoms with Gasteiger partial charge in [-0.1, -0.05) is 0 Å². The first-order chi connectivity index (χ1) is 11.3. The van der Waals surface area contributed by atoms with Crippen molar-refractivity contribution >= 4 is 5.91 Å². The lowest BCUT2D eigenvalue weighted by atomic mass is 9.95. The molecule has 1 fully saturated rings. The minimum absolute atomic E-state index is 0.101. The summed E-state index contributed by atoms with van der Waals surface area (Å²) in [6.07, 6.45) is 10.4. The van der Waals surface area contributed by atoms with Crippen LogP contribution >= 0.6 is 0 Å². The summed E-state index contributed by atoms with van der Waals surface area (Å²) in [5, 5.41) is 9.82. The van der Waals surface area contributed by atoms with Crippen molar-refractivity contribution in [2.75, 3.05) is 13.2 Å². The summed E-state index contributed by atoms with van der Waals surface area (Å²) < 4.78 is 5.56. The van der Waals surface area contributed by atoms with Crippen LogP contribution in [0.3, 0.4) is 0 Å². The molecule has 3 heterocycles. The Morgan fingerprint density at radius 3 is 2.96 bits per heavy atom. The van der Waals surface area contributed by atoms with Gasteiger partial charge in [-0.15, -0.1) is 0 Å². The second kappa shape index (κ2) is 7.87. The number of amides is 1. The Kier molecular flexibility index (Phi) is 5.37. The van der Waals surface area contributed by atoms with Crippen LogP contribution in [0.4, 0.5) is 0 Å². The first-order valence-electron chi connectivity index (χ1n) is 8.05.